The monoisotopic (exact) mass is 618 g/mol. The molecule has 0 aliphatic heterocycles. The maximum absolute atomic E-state index is 13.0. The number of pyridine rings is 1. The van der Waals surface area contributed by atoms with Gasteiger partial charge in [-0.3, -0.25) is 9.59 Å². The van der Waals surface area contributed by atoms with Crippen LogP contribution >= 0.6 is 0 Å². The smallest absolute Gasteiger partial charge is 0.161 e. The zero-order valence-electron chi connectivity index (χ0n) is 27.3. The molecule has 8 heteroatoms. The third-order valence-corrected chi connectivity index (χ3v) is 8.71. The molecule has 2 atom stereocenters. The second kappa shape index (κ2) is 19.0. The van der Waals surface area contributed by atoms with Gasteiger partial charge < -0.3 is 25.7 Å². The predicted octanol–water partition coefficient (Wildman–Crippen LogP) is 6.95. The number of carbonyl (C=O) groups excluding carboxylic acids is 2. The quantitative estimate of drug-likeness (QED) is 0.0813. The predicted molar refractivity (Wildman–Crippen MR) is 179 cm³/mol. The molecule has 0 aliphatic rings. The molecule has 0 saturated heterocycles. The number of aromatic hydroxyl groups is 1. The van der Waals surface area contributed by atoms with E-state index in [1.54, 1.807) is 24.5 Å². The van der Waals surface area contributed by atoms with Crippen LogP contribution in [0.25, 0.3) is 0 Å². The van der Waals surface area contributed by atoms with Crippen LogP contribution in [0.3, 0.4) is 0 Å². The van der Waals surface area contributed by atoms with Gasteiger partial charge in [-0.15, -0.1) is 0 Å². The van der Waals surface area contributed by atoms with Gasteiger partial charge in [-0.05, 0) is 54.0 Å². The first-order chi connectivity index (χ1) is 21.8. The number of nitrogens with two attached hydrogens (primary N) is 1. The number of aryl methyl sites for hydroxylation is 1. The highest BCUT2D eigenvalue weighted by molar-refractivity contribution is 5.99. The number of aliphatic hydroxyl groups is 1. The van der Waals surface area contributed by atoms with Gasteiger partial charge in [0.25, 0.3) is 0 Å². The molecule has 4 N–H and O–H groups in total. The van der Waals surface area contributed by atoms with Crippen LogP contribution in [0, 0.1) is 11.8 Å². The highest BCUT2D eigenvalue weighted by Crippen LogP contribution is 2.43. The number of carbonyl (C=O) groups is 2. The molecule has 246 valence electrons. The number of nitrogen functional groups attached to an aromatic ring is 1. The lowest BCUT2D eigenvalue weighted by molar-refractivity contribution is -0.127. The van der Waals surface area contributed by atoms with Crippen LogP contribution in [0.1, 0.15) is 113 Å². The number of phenols is 1. The number of aliphatic hydroxyl groups excluding tert-OH is 1. The fourth-order valence-corrected chi connectivity index (χ4v) is 6.30. The molecule has 0 unspecified atom stereocenters. The topological polar surface area (TPSA) is 137 Å². The summed E-state index contributed by atoms with van der Waals surface area (Å²) < 4.78 is 5.55. The largest absolute Gasteiger partial charge is 0.668 e. The maximum atomic E-state index is 13.0. The first-order valence-corrected chi connectivity index (χ1v) is 16.6. The van der Waals surface area contributed by atoms with Crippen LogP contribution in [0.4, 0.5) is 5.82 Å². The highest BCUT2D eigenvalue weighted by Gasteiger charge is 2.29. The van der Waals surface area contributed by atoms with Crippen LogP contribution in [-0.4, -0.2) is 40.5 Å². The number of unbranched alkanes of at least 4 members (excludes halogenated alkanes) is 4. The van der Waals surface area contributed by atoms with Crippen molar-refractivity contribution in [3.63, 3.8) is 0 Å². The number of hydrogen-bond acceptors (Lipinski definition) is 7. The Kier molecular flexibility index (Phi) is 15.1. The van der Waals surface area contributed by atoms with Crippen molar-refractivity contribution in [1.29, 1.82) is 0 Å². The SMILES string of the molecule is CCCCCC(CCCCC)CC(=O)CC(=O)CCc1cc(OC)c(O)c([C@@H](c2ccnc(N)c2)[C@H](CO)Cc2ccc[n-]2)c1. The lowest BCUT2D eigenvalue weighted by Crippen LogP contribution is -2.22. The van der Waals surface area contributed by atoms with E-state index in [2.05, 4.69) is 23.8 Å². The molecule has 0 saturated carbocycles. The number of hydrogen-bond donors (Lipinski definition) is 3. The molecule has 45 heavy (non-hydrogen) atoms. The Hall–Kier alpha value is -3.65. The first-order valence-electron chi connectivity index (χ1n) is 16.6. The number of Topliss-reactive ketones (excluding diaryl/α,β-unsaturated/α-hetero) is 2. The number of ether oxygens (including phenoxy) is 1. The average Bonchev–Trinajstić information content (AvgIpc) is 3.54. The summed E-state index contributed by atoms with van der Waals surface area (Å²) in [6, 6.07) is 10.9. The summed E-state index contributed by atoms with van der Waals surface area (Å²) in [6.07, 6.45) is 13.9. The summed E-state index contributed by atoms with van der Waals surface area (Å²) in [5, 5.41) is 21.9. The summed E-state index contributed by atoms with van der Waals surface area (Å²) in [4.78, 5) is 34.5. The Labute approximate surface area is 268 Å². The fraction of sp³-hybridized carbons (Fsp3) is 0.541. The van der Waals surface area contributed by atoms with Crippen molar-refractivity contribution in [3.8, 4) is 11.5 Å². The van der Waals surface area contributed by atoms with Crippen LogP contribution in [0.15, 0.2) is 48.8 Å². The van der Waals surface area contributed by atoms with Gasteiger partial charge in [0.15, 0.2) is 11.5 Å². The third-order valence-electron chi connectivity index (χ3n) is 8.71. The lowest BCUT2D eigenvalue weighted by Gasteiger charge is -2.29. The Bertz CT molecular complexity index is 1310. The van der Waals surface area contributed by atoms with Crippen molar-refractivity contribution in [2.24, 2.45) is 11.8 Å². The number of nitrogens with zero attached hydrogens (tertiary/aromatic N) is 2. The second-order valence-electron chi connectivity index (χ2n) is 12.3. The lowest BCUT2D eigenvalue weighted by atomic mass is 9.78. The minimum Gasteiger partial charge on any atom is -0.668 e. The summed E-state index contributed by atoms with van der Waals surface area (Å²) in [6.45, 7) is 4.21. The number of ketones is 2. The molecule has 0 aliphatic carbocycles. The maximum Gasteiger partial charge on any atom is 0.161 e. The number of methoxy groups -OCH3 is 1. The van der Waals surface area contributed by atoms with Crippen LogP contribution in [0.2, 0.25) is 0 Å². The second-order valence-corrected chi connectivity index (χ2v) is 12.3. The molecule has 8 nitrogen and oxygen atoms in total. The van der Waals surface area contributed by atoms with Crippen molar-refractivity contribution >= 4 is 17.4 Å². The van der Waals surface area contributed by atoms with Crippen molar-refractivity contribution < 1.29 is 24.5 Å². The van der Waals surface area contributed by atoms with Gasteiger partial charge in [-0.1, -0.05) is 83.4 Å². The van der Waals surface area contributed by atoms with E-state index in [1.807, 2.05) is 24.3 Å². The Morgan fingerprint density at radius 2 is 1.76 bits per heavy atom. The Morgan fingerprint density at radius 3 is 2.36 bits per heavy atom. The molecule has 3 rings (SSSR count). The molecule has 2 heterocycles. The molecule has 3 aromatic rings. The van der Waals surface area contributed by atoms with Gasteiger partial charge in [0.1, 0.15) is 17.4 Å². The molecular formula is C37H52N3O5-. The standard InChI is InChI=1S/C37H52N3O5/c1-4-6-8-11-26(12-9-7-5-2)19-32(43)24-31(42)15-14-27-20-33(37(44)34(21-27)45-3)36(28-16-18-40-35(38)23-28)29(25-41)22-30-13-10-17-39-30/h10,13,16-18,20-21,23,26,29,36,41,44H,4-9,11-12,14-15,19,22,24-25H2,1-3H3,(H2,38,40)/q-1/t29-,36-/m0/s1. The first kappa shape index (κ1) is 35.8. The molecule has 0 amide bonds. The molecule has 0 radical (unpaired) electrons. The van der Waals surface area contributed by atoms with Gasteiger partial charge >= 0.3 is 0 Å². The van der Waals surface area contributed by atoms with E-state index in [-0.39, 0.29) is 48.4 Å². The summed E-state index contributed by atoms with van der Waals surface area (Å²) in [7, 11) is 1.49. The van der Waals surface area contributed by atoms with Gasteiger partial charge in [-0.25, -0.2) is 4.98 Å². The van der Waals surface area contributed by atoms with E-state index in [0.717, 1.165) is 55.3 Å². The van der Waals surface area contributed by atoms with E-state index >= 15 is 0 Å². The number of anilines is 1. The molecular weight excluding hydrogens is 566 g/mol. The van der Waals surface area contributed by atoms with Crippen molar-refractivity contribution in [3.05, 3.63) is 71.2 Å². The third kappa shape index (κ3) is 11.3. The zero-order chi connectivity index (χ0) is 32.6. The minimum atomic E-state index is -0.458. The van der Waals surface area contributed by atoms with Crippen molar-refractivity contribution in [2.45, 2.75) is 103 Å². The summed E-state index contributed by atoms with van der Waals surface area (Å²) in [5.74, 6) is 0.0888. The molecule has 1 aromatic carbocycles. The molecule has 0 bridgehead atoms. The van der Waals surface area contributed by atoms with Gasteiger partial charge in [0, 0.05) is 37.1 Å². The van der Waals surface area contributed by atoms with Gasteiger partial charge in [-0.2, -0.15) is 11.9 Å². The molecule has 2 aromatic heterocycles. The number of rotatable bonds is 22. The van der Waals surface area contributed by atoms with E-state index in [4.69, 9.17) is 10.5 Å². The minimum absolute atomic E-state index is 0.0317. The van der Waals surface area contributed by atoms with E-state index in [9.17, 15) is 19.8 Å². The van der Waals surface area contributed by atoms with E-state index in [1.165, 1.54) is 20.0 Å². The van der Waals surface area contributed by atoms with Crippen molar-refractivity contribution in [1.82, 2.24) is 9.97 Å². The van der Waals surface area contributed by atoms with Crippen LogP contribution < -0.4 is 15.5 Å². The van der Waals surface area contributed by atoms with Gasteiger partial charge in [0.2, 0.25) is 0 Å². The summed E-state index contributed by atoms with van der Waals surface area (Å²) >= 11 is 0. The summed E-state index contributed by atoms with van der Waals surface area (Å²) in [5.41, 5.74) is 9.03. The van der Waals surface area contributed by atoms with E-state index in [0.29, 0.717) is 36.6 Å². The fourth-order valence-electron chi connectivity index (χ4n) is 6.30. The van der Waals surface area contributed by atoms with E-state index < -0.39 is 5.92 Å². The van der Waals surface area contributed by atoms with Gasteiger partial charge in [0.05, 0.1) is 13.5 Å². The van der Waals surface area contributed by atoms with Crippen molar-refractivity contribution in [2.75, 3.05) is 19.5 Å². The van der Waals surface area contributed by atoms with Crippen LogP contribution in [0.5, 0.6) is 11.5 Å². The highest BCUT2D eigenvalue weighted by atomic mass is 16.5. The Morgan fingerprint density at radius 1 is 1.02 bits per heavy atom. The van der Waals surface area contributed by atoms with Crippen LogP contribution in [-0.2, 0) is 22.4 Å². The zero-order valence-corrected chi connectivity index (χ0v) is 27.3. The normalized spacial score (nSPS) is 12.7. The average molecular weight is 619 g/mol. The molecule has 0 spiro atoms. The Balaban J connectivity index is 1.78. The number of phenolic OH excluding ortho intramolecular Hbond substituents is 1. The number of aromatic nitrogens is 2. The molecule has 0 fully saturated rings. The number of benzene rings is 1.